The Kier molecular flexibility index (Phi) is 7.19. The van der Waals surface area contributed by atoms with Gasteiger partial charge in [-0.15, -0.1) is 0 Å². The van der Waals surface area contributed by atoms with Crippen LogP contribution in [0.3, 0.4) is 0 Å². The molecule has 0 aliphatic rings. The summed E-state index contributed by atoms with van der Waals surface area (Å²) in [5.41, 5.74) is 1.24. The van der Waals surface area contributed by atoms with Crippen LogP contribution >= 0.6 is 27.7 Å². The first kappa shape index (κ1) is 19.0. The summed E-state index contributed by atoms with van der Waals surface area (Å²) in [7, 11) is -1.96. The van der Waals surface area contributed by atoms with Crippen LogP contribution in [0.5, 0.6) is 0 Å². The number of thioether (sulfide) groups is 1. The maximum absolute atomic E-state index is 12.8. The molecule has 120 valence electrons. The van der Waals surface area contributed by atoms with Crippen molar-refractivity contribution in [1.29, 1.82) is 0 Å². The zero-order valence-corrected chi connectivity index (χ0v) is 16.0. The minimum absolute atomic E-state index is 0.0709. The lowest BCUT2D eigenvalue weighted by Gasteiger charge is -2.25. The van der Waals surface area contributed by atoms with Crippen molar-refractivity contribution < 1.29 is 13.5 Å². The Balaban J connectivity index is 3.21. The van der Waals surface area contributed by atoms with Crippen molar-refractivity contribution in [1.82, 2.24) is 4.31 Å². The molecule has 0 heterocycles. The minimum atomic E-state index is -3.57. The van der Waals surface area contributed by atoms with E-state index in [4.69, 9.17) is 0 Å². The van der Waals surface area contributed by atoms with Crippen molar-refractivity contribution in [2.24, 2.45) is 0 Å². The Bertz CT molecular complexity index is 590. The Morgan fingerprint density at radius 3 is 2.57 bits per heavy atom. The van der Waals surface area contributed by atoms with Crippen LogP contribution in [0.2, 0.25) is 0 Å². The van der Waals surface area contributed by atoms with Crippen molar-refractivity contribution in [3.8, 4) is 0 Å². The number of hydrogen-bond donors (Lipinski definition) is 1. The first-order valence-electron chi connectivity index (χ1n) is 6.62. The number of aliphatic hydroxyl groups is 1. The average Bonchev–Trinajstić information content (AvgIpc) is 2.46. The zero-order valence-electron chi connectivity index (χ0n) is 12.8. The zero-order chi connectivity index (χ0) is 16.2. The van der Waals surface area contributed by atoms with E-state index in [1.165, 1.54) is 4.31 Å². The topological polar surface area (TPSA) is 57.6 Å². The van der Waals surface area contributed by atoms with Crippen molar-refractivity contribution in [2.75, 3.05) is 19.1 Å². The fraction of sp³-hybridized carbons (Fsp3) is 0.571. The minimum Gasteiger partial charge on any atom is -0.392 e. The van der Waals surface area contributed by atoms with E-state index in [1.807, 2.05) is 13.2 Å². The van der Waals surface area contributed by atoms with E-state index in [0.717, 1.165) is 12.2 Å². The van der Waals surface area contributed by atoms with Gasteiger partial charge in [-0.1, -0.05) is 15.9 Å². The van der Waals surface area contributed by atoms with E-state index in [1.54, 1.807) is 37.9 Å². The maximum atomic E-state index is 12.8. The molecule has 1 aromatic rings. The number of rotatable bonds is 7. The maximum Gasteiger partial charge on any atom is 0.243 e. The number of hydrogen-bond acceptors (Lipinski definition) is 4. The van der Waals surface area contributed by atoms with Crippen molar-refractivity contribution in [3.63, 3.8) is 0 Å². The van der Waals surface area contributed by atoms with Gasteiger partial charge in [0.25, 0.3) is 0 Å². The lowest BCUT2D eigenvalue weighted by atomic mass is 10.2. The summed E-state index contributed by atoms with van der Waals surface area (Å²) in [5, 5.41) is 9.28. The number of benzene rings is 1. The predicted octanol–water partition coefficient (Wildman–Crippen LogP) is 3.01. The second kappa shape index (κ2) is 7.97. The van der Waals surface area contributed by atoms with E-state index in [9.17, 15) is 13.5 Å². The van der Waals surface area contributed by atoms with Crippen molar-refractivity contribution in [2.45, 2.75) is 37.8 Å². The number of aliphatic hydroxyl groups excluding tert-OH is 1. The molecule has 1 atom stereocenters. The molecule has 0 saturated heterocycles. The third-order valence-corrected chi connectivity index (χ3v) is 7.12. The van der Waals surface area contributed by atoms with Gasteiger partial charge >= 0.3 is 0 Å². The third kappa shape index (κ3) is 4.45. The van der Waals surface area contributed by atoms with E-state index in [0.29, 0.717) is 15.6 Å². The molecule has 21 heavy (non-hydrogen) atoms. The second-order valence-electron chi connectivity index (χ2n) is 5.01. The molecule has 0 saturated carbocycles. The third-order valence-electron chi connectivity index (χ3n) is 3.56. The van der Waals surface area contributed by atoms with Crippen LogP contribution in [-0.4, -0.2) is 42.9 Å². The highest BCUT2D eigenvalue weighted by atomic mass is 79.9. The van der Waals surface area contributed by atoms with Crippen LogP contribution in [-0.2, 0) is 16.6 Å². The van der Waals surface area contributed by atoms with Gasteiger partial charge in [0.2, 0.25) is 10.0 Å². The fourth-order valence-corrected chi connectivity index (χ4v) is 4.83. The molecule has 1 rings (SSSR count). The monoisotopic (exact) mass is 395 g/mol. The molecular formula is C14H22BrNO3S2. The van der Waals surface area contributed by atoms with Crippen LogP contribution in [0.1, 0.15) is 24.5 Å². The van der Waals surface area contributed by atoms with Crippen LogP contribution in [0, 0.1) is 6.92 Å². The van der Waals surface area contributed by atoms with E-state index >= 15 is 0 Å². The SMILES string of the molecule is CSCCC(C)N(C)S(=O)(=O)c1cc(CO)cc(Br)c1C. The van der Waals surface area contributed by atoms with Gasteiger partial charge in [-0.05, 0) is 55.5 Å². The molecule has 1 unspecified atom stereocenters. The van der Waals surface area contributed by atoms with Gasteiger partial charge in [0.05, 0.1) is 11.5 Å². The lowest BCUT2D eigenvalue weighted by molar-refractivity contribution is 0.281. The van der Waals surface area contributed by atoms with E-state index in [2.05, 4.69) is 15.9 Å². The quantitative estimate of drug-likeness (QED) is 0.770. The Hall–Kier alpha value is -0.0800. The van der Waals surface area contributed by atoms with Gasteiger partial charge in [0.15, 0.2) is 0 Å². The molecule has 7 heteroatoms. The molecule has 0 spiro atoms. The molecule has 1 N–H and O–H groups in total. The van der Waals surface area contributed by atoms with Crippen LogP contribution in [0.15, 0.2) is 21.5 Å². The van der Waals surface area contributed by atoms with Crippen molar-refractivity contribution in [3.05, 3.63) is 27.7 Å². The summed E-state index contributed by atoms with van der Waals surface area (Å²) in [6, 6.07) is 3.22. The summed E-state index contributed by atoms with van der Waals surface area (Å²) >= 11 is 5.06. The molecule has 0 bridgehead atoms. The molecular weight excluding hydrogens is 374 g/mol. The smallest absolute Gasteiger partial charge is 0.243 e. The van der Waals surface area contributed by atoms with Gasteiger partial charge in [-0.25, -0.2) is 8.42 Å². The molecule has 0 aliphatic carbocycles. The summed E-state index contributed by atoms with van der Waals surface area (Å²) < 4.78 is 27.7. The van der Waals surface area contributed by atoms with Crippen molar-refractivity contribution >= 4 is 37.7 Å². The summed E-state index contributed by atoms with van der Waals surface area (Å²) in [6.07, 6.45) is 2.81. The normalized spacial score (nSPS) is 13.7. The van der Waals surface area contributed by atoms with Gasteiger partial charge < -0.3 is 5.11 Å². The second-order valence-corrected chi connectivity index (χ2v) is 8.82. The van der Waals surface area contributed by atoms with E-state index in [-0.39, 0.29) is 17.5 Å². The Morgan fingerprint density at radius 2 is 2.05 bits per heavy atom. The average molecular weight is 396 g/mol. The first-order valence-corrected chi connectivity index (χ1v) is 10.2. The Morgan fingerprint density at radius 1 is 1.43 bits per heavy atom. The first-order chi connectivity index (χ1) is 9.75. The standard InChI is InChI=1S/C14H22BrNO3S2/c1-10(5-6-20-4)16(3)21(18,19)14-8-12(9-17)7-13(15)11(14)2/h7-8,10,17H,5-6,9H2,1-4H3. The molecule has 4 nitrogen and oxygen atoms in total. The van der Waals surface area contributed by atoms with Crippen LogP contribution in [0.25, 0.3) is 0 Å². The molecule has 1 aromatic carbocycles. The summed E-state index contributed by atoms with van der Waals surface area (Å²) in [6.45, 7) is 3.49. The summed E-state index contributed by atoms with van der Waals surface area (Å²) in [5.74, 6) is 0.917. The predicted molar refractivity (Wildman–Crippen MR) is 92.2 cm³/mol. The number of nitrogens with zero attached hydrogens (tertiary/aromatic N) is 1. The highest BCUT2D eigenvalue weighted by molar-refractivity contribution is 9.10. The fourth-order valence-electron chi connectivity index (χ4n) is 1.93. The molecule has 0 aliphatic heterocycles. The largest absolute Gasteiger partial charge is 0.392 e. The number of halogens is 1. The number of sulfonamides is 1. The molecule has 0 amide bonds. The lowest BCUT2D eigenvalue weighted by Crippen LogP contribution is -2.35. The highest BCUT2D eigenvalue weighted by Gasteiger charge is 2.27. The molecule has 0 radical (unpaired) electrons. The van der Waals surface area contributed by atoms with Gasteiger partial charge in [-0.2, -0.15) is 16.1 Å². The van der Waals surface area contributed by atoms with Gasteiger partial charge in [-0.3, -0.25) is 0 Å². The Labute approximate surface area is 140 Å². The van der Waals surface area contributed by atoms with Crippen LogP contribution < -0.4 is 0 Å². The molecule has 0 fully saturated rings. The van der Waals surface area contributed by atoms with Crippen LogP contribution in [0.4, 0.5) is 0 Å². The highest BCUT2D eigenvalue weighted by Crippen LogP contribution is 2.28. The van der Waals surface area contributed by atoms with Gasteiger partial charge in [0, 0.05) is 17.6 Å². The van der Waals surface area contributed by atoms with Gasteiger partial charge in [0.1, 0.15) is 0 Å². The molecule has 0 aromatic heterocycles. The van der Waals surface area contributed by atoms with E-state index < -0.39 is 10.0 Å². The summed E-state index contributed by atoms with van der Waals surface area (Å²) in [4.78, 5) is 0.249.